The summed E-state index contributed by atoms with van der Waals surface area (Å²) < 4.78 is 26.2. The van der Waals surface area contributed by atoms with E-state index in [0.29, 0.717) is 0 Å². The molecule has 8 nitrogen and oxygen atoms in total. The lowest BCUT2D eigenvalue weighted by Crippen LogP contribution is -2.49. The molecule has 1 atom stereocenters. The smallest absolute Gasteiger partial charge is 0.269 e. The van der Waals surface area contributed by atoms with Gasteiger partial charge in [0, 0.05) is 25.6 Å². The summed E-state index contributed by atoms with van der Waals surface area (Å²) in [5.74, 6) is -1.13. The van der Waals surface area contributed by atoms with Crippen LogP contribution < -0.4 is 5.32 Å². The van der Waals surface area contributed by atoms with Crippen LogP contribution in [-0.2, 0) is 26.2 Å². The molecule has 1 N–H and O–H groups in total. The highest BCUT2D eigenvalue weighted by molar-refractivity contribution is 7.90. The molecule has 1 aliphatic rings. The second-order valence-electron chi connectivity index (χ2n) is 8.33. The third-order valence-electron chi connectivity index (χ3n) is 5.46. The van der Waals surface area contributed by atoms with Gasteiger partial charge in [0.25, 0.3) is 15.9 Å². The number of rotatable bonds is 9. The second-order valence-corrected chi connectivity index (χ2v) is 10.2. The van der Waals surface area contributed by atoms with E-state index in [1.165, 1.54) is 17.0 Å². The van der Waals surface area contributed by atoms with Crippen molar-refractivity contribution in [2.75, 3.05) is 6.54 Å². The molecule has 1 aliphatic heterocycles. The van der Waals surface area contributed by atoms with Crippen LogP contribution in [0.4, 0.5) is 0 Å². The van der Waals surface area contributed by atoms with Gasteiger partial charge in [0.05, 0.1) is 5.56 Å². The number of carbonyl (C=O) groups excluding carboxylic acids is 3. The second kappa shape index (κ2) is 10.2. The van der Waals surface area contributed by atoms with E-state index in [-0.39, 0.29) is 54.2 Å². The quantitative estimate of drug-likeness (QED) is 0.605. The van der Waals surface area contributed by atoms with Crippen molar-refractivity contribution in [3.05, 3.63) is 65.7 Å². The lowest BCUT2D eigenvalue weighted by atomic mass is 10.1. The Morgan fingerprint density at radius 3 is 2.27 bits per heavy atom. The lowest BCUT2D eigenvalue weighted by Gasteiger charge is -2.29. The zero-order chi connectivity index (χ0) is 24.2. The normalized spacial score (nSPS) is 15.3. The highest BCUT2D eigenvalue weighted by atomic mass is 32.2. The van der Waals surface area contributed by atoms with Gasteiger partial charge < -0.3 is 10.2 Å². The number of nitrogens with zero attached hydrogens (tertiary/aromatic N) is 2. The summed E-state index contributed by atoms with van der Waals surface area (Å²) in [6.07, 6.45) is 0.156. The molecule has 1 unspecified atom stereocenters. The van der Waals surface area contributed by atoms with Crippen LogP contribution in [0.25, 0.3) is 0 Å². The van der Waals surface area contributed by atoms with Gasteiger partial charge in [-0.25, -0.2) is 12.7 Å². The Kier molecular flexibility index (Phi) is 7.53. The number of nitrogens with one attached hydrogen (secondary N) is 1. The molecule has 0 fully saturated rings. The predicted molar refractivity (Wildman–Crippen MR) is 124 cm³/mol. The molecule has 0 aromatic heterocycles. The molecule has 0 bridgehead atoms. The van der Waals surface area contributed by atoms with E-state index in [4.69, 9.17) is 0 Å². The number of amides is 3. The SMILES string of the molecule is CC(C)NC(=O)C(C)N(Cc1ccccc1)C(=O)CCCN1C(=O)c2ccccc2S1(=O)=O. The zero-order valence-corrected chi connectivity index (χ0v) is 19.8. The van der Waals surface area contributed by atoms with E-state index in [9.17, 15) is 22.8 Å². The Labute approximate surface area is 194 Å². The fourth-order valence-corrected chi connectivity index (χ4v) is 5.34. The van der Waals surface area contributed by atoms with Crippen LogP contribution in [0.1, 0.15) is 49.5 Å². The predicted octanol–water partition coefficient (Wildman–Crippen LogP) is 2.55. The summed E-state index contributed by atoms with van der Waals surface area (Å²) in [5, 5.41) is 2.83. The number of carbonyl (C=O) groups is 3. The minimum absolute atomic E-state index is 0.00176. The van der Waals surface area contributed by atoms with E-state index in [1.807, 2.05) is 44.2 Å². The zero-order valence-electron chi connectivity index (χ0n) is 19.0. The van der Waals surface area contributed by atoms with Crippen LogP contribution in [0.5, 0.6) is 0 Å². The van der Waals surface area contributed by atoms with Crippen molar-refractivity contribution < 1.29 is 22.8 Å². The van der Waals surface area contributed by atoms with E-state index in [2.05, 4.69) is 5.32 Å². The maximum atomic E-state index is 13.1. The third-order valence-corrected chi connectivity index (χ3v) is 7.30. The van der Waals surface area contributed by atoms with E-state index in [1.54, 1.807) is 19.1 Å². The fraction of sp³-hybridized carbons (Fsp3) is 0.375. The highest BCUT2D eigenvalue weighted by Crippen LogP contribution is 2.30. The van der Waals surface area contributed by atoms with Gasteiger partial charge in [0.2, 0.25) is 11.8 Å². The van der Waals surface area contributed by atoms with Crippen LogP contribution in [-0.4, -0.2) is 54.0 Å². The van der Waals surface area contributed by atoms with Gasteiger partial charge in [-0.1, -0.05) is 42.5 Å². The molecule has 0 saturated heterocycles. The molecule has 0 spiro atoms. The number of benzene rings is 2. The summed E-state index contributed by atoms with van der Waals surface area (Å²) in [7, 11) is -3.91. The van der Waals surface area contributed by atoms with Gasteiger partial charge in [-0.3, -0.25) is 14.4 Å². The van der Waals surface area contributed by atoms with E-state index >= 15 is 0 Å². The number of hydrogen-bond acceptors (Lipinski definition) is 5. The molecule has 9 heteroatoms. The highest BCUT2D eigenvalue weighted by Gasteiger charge is 2.40. The summed E-state index contributed by atoms with van der Waals surface area (Å²) in [6, 6.07) is 14.6. The summed E-state index contributed by atoms with van der Waals surface area (Å²) in [4.78, 5) is 39.7. The van der Waals surface area contributed by atoms with Gasteiger partial charge >= 0.3 is 0 Å². The molecule has 3 rings (SSSR count). The van der Waals surface area contributed by atoms with Crippen molar-refractivity contribution in [1.82, 2.24) is 14.5 Å². The van der Waals surface area contributed by atoms with Crippen LogP contribution in [0.15, 0.2) is 59.5 Å². The Balaban J connectivity index is 1.69. The minimum atomic E-state index is -3.91. The van der Waals surface area contributed by atoms with Gasteiger partial charge in [-0.05, 0) is 44.9 Å². The monoisotopic (exact) mass is 471 g/mol. The van der Waals surface area contributed by atoms with Crippen molar-refractivity contribution in [2.45, 2.75) is 57.1 Å². The summed E-state index contributed by atoms with van der Waals surface area (Å²) in [5.41, 5.74) is 1.02. The Morgan fingerprint density at radius 1 is 1.00 bits per heavy atom. The fourth-order valence-electron chi connectivity index (χ4n) is 3.74. The average Bonchev–Trinajstić information content (AvgIpc) is 2.98. The molecule has 2 aromatic rings. The van der Waals surface area contributed by atoms with Crippen molar-refractivity contribution >= 4 is 27.7 Å². The Hall–Kier alpha value is -3.20. The van der Waals surface area contributed by atoms with Crippen molar-refractivity contribution in [2.24, 2.45) is 0 Å². The molecule has 0 aliphatic carbocycles. The molecular weight excluding hydrogens is 442 g/mol. The summed E-state index contributed by atoms with van der Waals surface area (Å²) in [6.45, 7) is 5.51. The van der Waals surface area contributed by atoms with Gasteiger partial charge in [0.1, 0.15) is 10.9 Å². The molecule has 0 saturated carbocycles. The van der Waals surface area contributed by atoms with E-state index in [0.717, 1.165) is 9.87 Å². The van der Waals surface area contributed by atoms with Crippen LogP contribution in [0.2, 0.25) is 0 Å². The number of fused-ring (bicyclic) bond motifs is 1. The van der Waals surface area contributed by atoms with Crippen LogP contribution >= 0.6 is 0 Å². The average molecular weight is 472 g/mol. The first-order valence-corrected chi connectivity index (χ1v) is 12.4. The lowest BCUT2D eigenvalue weighted by molar-refractivity contribution is -0.140. The molecule has 33 heavy (non-hydrogen) atoms. The topological polar surface area (TPSA) is 104 Å². The molecule has 176 valence electrons. The first kappa shape index (κ1) is 24.4. The number of hydrogen-bond donors (Lipinski definition) is 1. The van der Waals surface area contributed by atoms with Crippen molar-refractivity contribution in [3.8, 4) is 0 Å². The first-order chi connectivity index (χ1) is 15.6. The minimum Gasteiger partial charge on any atom is -0.352 e. The Morgan fingerprint density at radius 2 is 1.64 bits per heavy atom. The van der Waals surface area contributed by atoms with E-state index < -0.39 is 22.0 Å². The molecule has 2 aromatic carbocycles. The first-order valence-electron chi connectivity index (χ1n) is 10.9. The molecule has 3 amide bonds. The van der Waals surface area contributed by atoms with Crippen LogP contribution in [0.3, 0.4) is 0 Å². The number of sulfonamides is 1. The standard InChI is InChI=1S/C24H29N3O5S/c1-17(2)25-23(29)18(3)26(16-19-10-5-4-6-11-19)22(28)14-9-15-27-24(30)20-12-7-8-13-21(20)33(27,31)32/h4-8,10-13,17-18H,9,14-16H2,1-3H3,(H,25,29). The van der Waals surface area contributed by atoms with Crippen molar-refractivity contribution in [3.63, 3.8) is 0 Å². The molecule has 1 heterocycles. The maximum Gasteiger partial charge on any atom is 0.269 e. The molecule has 0 radical (unpaired) electrons. The largest absolute Gasteiger partial charge is 0.352 e. The van der Waals surface area contributed by atoms with Crippen molar-refractivity contribution in [1.29, 1.82) is 0 Å². The van der Waals surface area contributed by atoms with Crippen LogP contribution in [0, 0.1) is 0 Å². The Bertz CT molecular complexity index is 1130. The van der Waals surface area contributed by atoms with Gasteiger partial charge in [-0.15, -0.1) is 0 Å². The molecular formula is C24H29N3O5S. The van der Waals surface area contributed by atoms with Gasteiger partial charge in [-0.2, -0.15) is 0 Å². The van der Waals surface area contributed by atoms with Gasteiger partial charge in [0.15, 0.2) is 0 Å². The maximum absolute atomic E-state index is 13.1. The summed E-state index contributed by atoms with van der Waals surface area (Å²) >= 11 is 0. The third kappa shape index (κ3) is 5.42.